The van der Waals surface area contributed by atoms with Crippen molar-refractivity contribution < 1.29 is 14.1 Å². The van der Waals surface area contributed by atoms with Crippen molar-refractivity contribution in [1.29, 1.82) is 0 Å². The molecule has 0 amide bonds. The van der Waals surface area contributed by atoms with E-state index in [-0.39, 0.29) is 5.78 Å². The number of hydrogen-bond donors (Lipinski definition) is 2. The number of benzene rings is 2. The van der Waals surface area contributed by atoms with Gasteiger partial charge in [-0.25, -0.2) is 4.98 Å². The third-order valence-electron chi connectivity index (χ3n) is 4.68. The number of carbonyl (C=O) groups is 1. The van der Waals surface area contributed by atoms with Gasteiger partial charge in [0.1, 0.15) is 17.9 Å². The number of nitrogens with zero attached hydrogens (tertiary/aromatic N) is 2. The van der Waals surface area contributed by atoms with E-state index < -0.39 is 7.14 Å². The molecule has 9 heteroatoms. The van der Waals surface area contributed by atoms with Gasteiger partial charge in [0.25, 0.3) is 0 Å². The normalized spacial score (nSPS) is 11.2. The first-order chi connectivity index (χ1) is 14.6. The fourth-order valence-corrected chi connectivity index (χ4v) is 3.98. The van der Waals surface area contributed by atoms with Crippen molar-refractivity contribution in [3.05, 3.63) is 58.7 Å². The van der Waals surface area contributed by atoms with Gasteiger partial charge in [0.15, 0.2) is 11.6 Å². The molecule has 0 saturated carbocycles. The summed E-state index contributed by atoms with van der Waals surface area (Å²) in [4.78, 5) is 20.3. The van der Waals surface area contributed by atoms with E-state index in [0.29, 0.717) is 33.8 Å². The van der Waals surface area contributed by atoms with Crippen LogP contribution in [0.25, 0.3) is 0 Å². The van der Waals surface area contributed by atoms with E-state index in [2.05, 4.69) is 20.6 Å². The second-order valence-electron chi connectivity index (χ2n) is 7.46. The zero-order chi connectivity index (χ0) is 22.8. The summed E-state index contributed by atoms with van der Waals surface area (Å²) in [5.41, 5.74) is 2.88. The van der Waals surface area contributed by atoms with Crippen LogP contribution in [0.4, 0.5) is 23.1 Å². The van der Waals surface area contributed by atoms with Crippen LogP contribution in [0.1, 0.15) is 22.8 Å². The highest BCUT2D eigenvalue weighted by Crippen LogP contribution is 2.36. The highest BCUT2D eigenvalue weighted by molar-refractivity contribution is 7.70. The number of aryl methyl sites for hydroxylation is 1. The molecule has 0 aliphatic heterocycles. The molecule has 0 spiro atoms. The zero-order valence-corrected chi connectivity index (χ0v) is 19.6. The summed E-state index contributed by atoms with van der Waals surface area (Å²) in [6.45, 7) is 6.91. The van der Waals surface area contributed by atoms with E-state index in [1.54, 1.807) is 31.5 Å². The van der Waals surface area contributed by atoms with Crippen LogP contribution in [-0.4, -0.2) is 36.2 Å². The van der Waals surface area contributed by atoms with Gasteiger partial charge in [-0.3, -0.25) is 4.79 Å². The fraction of sp³-hybridized carbons (Fsp3) is 0.227. The van der Waals surface area contributed by atoms with Crippen LogP contribution in [0.3, 0.4) is 0 Å². The molecule has 3 aromatic rings. The van der Waals surface area contributed by atoms with E-state index in [1.165, 1.54) is 20.2 Å². The molecule has 162 valence electrons. The Morgan fingerprint density at radius 3 is 2.42 bits per heavy atom. The number of nitrogens with one attached hydrogen (secondary N) is 2. The standard InChI is InChI=1S/C22H24ClN4O3P/c1-13-10-16(31(4,5)29)7-9-18(13)26-22-24-12-17(23)21(27-22)25-19-8-6-15(14(2)28)11-20(19)30-3/h6-12H,1-5H3,(H2,24,25,26,27). The molecule has 2 aromatic carbocycles. The number of methoxy groups -OCH3 is 1. The van der Waals surface area contributed by atoms with E-state index >= 15 is 0 Å². The van der Waals surface area contributed by atoms with Gasteiger partial charge in [0.2, 0.25) is 5.95 Å². The summed E-state index contributed by atoms with van der Waals surface area (Å²) in [6, 6.07) is 10.7. The van der Waals surface area contributed by atoms with Crippen LogP contribution in [0.5, 0.6) is 5.75 Å². The minimum atomic E-state index is -2.34. The average Bonchev–Trinajstić information content (AvgIpc) is 2.71. The van der Waals surface area contributed by atoms with Crippen molar-refractivity contribution in [2.45, 2.75) is 13.8 Å². The first-order valence-electron chi connectivity index (χ1n) is 9.50. The Bertz CT molecular complexity index is 1190. The molecule has 31 heavy (non-hydrogen) atoms. The molecule has 3 rings (SSSR count). The quantitative estimate of drug-likeness (QED) is 0.362. The minimum Gasteiger partial charge on any atom is -0.495 e. The van der Waals surface area contributed by atoms with Gasteiger partial charge in [0, 0.05) is 16.6 Å². The van der Waals surface area contributed by atoms with Crippen LogP contribution in [0, 0.1) is 6.92 Å². The Hall–Kier alpha value is -2.89. The molecule has 0 aliphatic carbocycles. The Kier molecular flexibility index (Phi) is 6.68. The highest BCUT2D eigenvalue weighted by Gasteiger charge is 2.14. The first-order valence-corrected chi connectivity index (χ1v) is 12.5. The number of anilines is 4. The number of aromatic nitrogens is 2. The van der Waals surface area contributed by atoms with Crippen LogP contribution < -0.4 is 20.7 Å². The molecule has 0 unspecified atom stereocenters. The summed E-state index contributed by atoms with van der Waals surface area (Å²) >= 11 is 6.29. The second kappa shape index (κ2) is 9.08. The molecular weight excluding hydrogens is 435 g/mol. The van der Waals surface area contributed by atoms with Crippen molar-refractivity contribution in [1.82, 2.24) is 9.97 Å². The molecule has 0 bridgehead atoms. The van der Waals surface area contributed by atoms with Crippen molar-refractivity contribution in [3.63, 3.8) is 0 Å². The van der Waals surface area contributed by atoms with Gasteiger partial charge in [-0.05, 0) is 69.1 Å². The predicted molar refractivity (Wildman–Crippen MR) is 127 cm³/mol. The van der Waals surface area contributed by atoms with E-state index in [9.17, 15) is 9.36 Å². The smallest absolute Gasteiger partial charge is 0.229 e. The summed E-state index contributed by atoms with van der Waals surface area (Å²) in [5, 5.41) is 7.44. The van der Waals surface area contributed by atoms with E-state index in [1.807, 2.05) is 25.1 Å². The number of hydrogen-bond acceptors (Lipinski definition) is 7. The number of carbonyl (C=O) groups excluding carboxylic acids is 1. The lowest BCUT2D eigenvalue weighted by Crippen LogP contribution is -2.07. The van der Waals surface area contributed by atoms with Crippen molar-refractivity contribution in [2.75, 3.05) is 31.1 Å². The molecule has 2 N–H and O–H groups in total. The number of Topliss-reactive ketones (excluding diaryl/α,β-unsaturated/α-hetero) is 1. The van der Waals surface area contributed by atoms with Crippen LogP contribution in [0.15, 0.2) is 42.6 Å². The third-order valence-corrected chi connectivity index (χ3v) is 6.48. The van der Waals surface area contributed by atoms with Crippen molar-refractivity contribution >= 4 is 53.0 Å². The second-order valence-corrected chi connectivity index (χ2v) is 11.1. The van der Waals surface area contributed by atoms with Crippen LogP contribution >= 0.6 is 18.7 Å². The Morgan fingerprint density at radius 1 is 1.10 bits per heavy atom. The third kappa shape index (κ3) is 5.43. The Morgan fingerprint density at radius 2 is 1.81 bits per heavy atom. The van der Waals surface area contributed by atoms with Gasteiger partial charge in [-0.15, -0.1) is 0 Å². The molecule has 0 saturated heterocycles. The Labute approximate surface area is 186 Å². The van der Waals surface area contributed by atoms with Gasteiger partial charge >= 0.3 is 0 Å². The lowest BCUT2D eigenvalue weighted by atomic mass is 10.1. The highest BCUT2D eigenvalue weighted by atomic mass is 35.5. The molecule has 1 heterocycles. The van der Waals surface area contributed by atoms with Crippen molar-refractivity contribution in [2.24, 2.45) is 0 Å². The van der Waals surface area contributed by atoms with Gasteiger partial charge < -0.3 is 19.9 Å². The fourth-order valence-electron chi connectivity index (χ4n) is 2.90. The first kappa shape index (κ1) is 22.8. The topological polar surface area (TPSA) is 93.2 Å². The molecule has 0 radical (unpaired) electrons. The van der Waals surface area contributed by atoms with Gasteiger partial charge in [0.05, 0.1) is 19.0 Å². The lowest BCUT2D eigenvalue weighted by molar-refractivity contribution is 0.101. The maximum atomic E-state index is 12.3. The molecule has 7 nitrogen and oxygen atoms in total. The SMILES string of the molecule is COc1cc(C(C)=O)ccc1Nc1nc(Nc2ccc(P(C)(C)=O)cc2C)ncc1Cl. The molecule has 0 atom stereocenters. The monoisotopic (exact) mass is 458 g/mol. The van der Waals surface area contributed by atoms with Gasteiger partial charge in [-0.1, -0.05) is 11.6 Å². The van der Waals surface area contributed by atoms with E-state index in [0.717, 1.165) is 16.6 Å². The van der Waals surface area contributed by atoms with Crippen LogP contribution in [0.2, 0.25) is 5.02 Å². The molecule has 0 aliphatic rings. The molecule has 0 fully saturated rings. The van der Waals surface area contributed by atoms with Crippen LogP contribution in [-0.2, 0) is 4.57 Å². The van der Waals surface area contributed by atoms with Gasteiger partial charge in [-0.2, -0.15) is 4.98 Å². The number of ether oxygens (including phenoxy) is 1. The molecular formula is C22H24ClN4O3P. The summed E-state index contributed by atoms with van der Waals surface area (Å²) in [7, 11) is -0.813. The maximum Gasteiger partial charge on any atom is 0.229 e. The number of rotatable bonds is 7. The lowest BCUT2D eigenvalue weighted by Gasteiger charge is -2.15. The summed E-state index contributed by atoms with van der Waals surface area (Å²) in [5.74, 6) is 1.17. The average molecular weight is 459 g/mol. The molecule has 1 aromatic heterocycles. The Balaban J connectivity index is 1.88. The zero-order valence-electron chi connectivity index (χ0n) is 18.0. The minimum absolute atomic E-state index is 0.0553. The number of halogens is 1. The maximum absolute atomic E-state index is 12.3. The number of ketones is 1. The largest absolute Gasteiger partial charge is 0.495 e. The summed E-state index contributed by atoms with van der Waals surface area (Å²) in [6.07, 6.45) is 1.49. The van der Waals surface area contributed by atoms with Crippen molar-refractivity contribution in [3.8, 4) is 5.75 Å². The van der Waals surface area contributed by atoms with E-state index in [4.69, 9.17) is 16.3 Å². The summed E-state index contributed by atoms with van der Waals surface area (Å²) < 4.78 is 17.7. The predicted octanol–water partition coefficient (Wildman–Crippen LogP) is 5.38.